The number of halogens is 3. The van der Waals surface area contributed by atoms with Gasteiger partial charge in [0.2, 0.25) is 5.91 Å². The molecule has 0 saturated carbocycles. The molecule has 27 heavy (non-hydrogen) atoms. The Bertz CT molecular complexity index is 820. The lowest BCUT2D eigenvalue weighted by Gasteiger charge is -2.19. The summed E-state index contributed by atoms with van der Waals surface area (Å²) in [4.78, 5) is 13.9. The first-order valence-electron chi connectivity index (χ1n) is 8.05. The monoisotopic (exact) mass is 382 g/mol. The lowest BCUT2D eigenvalue weighted by atomic mass is 10.1. The molecule has 2 aromatic carbocycles. The normalized spacial score (nSPS) is 11.1. The number of rotatable bonds is 6. The van der Waals surface area contributed by atoms with E-state index in [9.17, 15) is 18.0 Å². The molecule has 5 nitrogen and oxygen atoms in total. The van der Waals surface area contributed by atoms with Crippen molar-refractivity contribution in [2.45, 2.75) is 12.6 Å². The summed E-state index contributed by atoms with van der Waals surface area (Å²) in [6.07, 6.45) is -4.75. The molecule has 0 aliphatic heterocycles. The van der Waals surface area contributed by atoms with Crippen molar-refractivity contribution >= 4 is 17.3 Å². The van der Waals surface area contributed by atoms with Crippen LogP contribution in [0.25, 0.3) is 0 Å². The van der Waals surface area contributed by atoms with Gasteiger partial charge in [0.05, 0.1) is 31.9 Å². The predicted molar refractivity (Wildman–Crippen MR) is 97.7 cm³/mol. The highest BCUT2D eigenvalue weighted by Gasteiger charge is 2.34. The van der Waals surface area contributed by atoms with E-state index in [2.05, 4.69) is 5.32 Å². The minimum atomic E-state index is -4.59. The highest BCUT2D eigenvalue weighted by Crippen LogP contribution is 2.37. The van der Waals surface area contributed by atoms with Crippen LogP contribution in [0.15, 0.2) is 36.4 Å². The third kappa shape index (κ3) is 5.06. The molecule has 146 valence electrons. The van der Waals surface area contributed by atoms with Gasteiger partial charge in [0, 0.05) is 25.3 Å². The molecule has 2 rings (SSSR count). The standard InChI is InChI=1S/C19H21F3N2O3/c1-24(2)13-5-7-16(15(11-13)19(20,21)22)23-18(25)10-12-9-14(26-3)6-8-17(12)27-4/h5-9,11H,10H2,1-4H3,(H,23,25). The number of hydrogen-bond donors (Lipinski definition) is 1. The molecule has 0 unspecified atom stereocenters. The van der Waals surface area contributed by atoms with Gasteiger partial charge in [0.25, 0.3) is 0 Å². The summed E-state index contributed by atoms with van der Waals surface area (Å²) in [6, 6.07) is 8.67. The molecule has 0 fully saturated rings. The van der Waals surface area contributed by atoms with E-state index >= 15 is 0 Å². The van der Waals surface area contributed by atoms with Gasteiger partial charge in [-0.3, -0.25) is 4.79 Å². The maximum atomic E-state index is 13.4. The van der Waals surface area contributed by atoms with Crippen LogP contribution in [0.4, 0.5) is 24.5 Å². The van der Waals surface area contributed by atoms with E-state index in [4.69, 9.17) is 9.47 Å². The van der Waals surface area contributed by atoms with Crippen molar-refractivity contribution in [3.05, 3.63) is 47.5 Å². The molecule has 0 aromatic heterocycles. The summed E-state index contributed by atoms with van der Waals surface area (Å²) in [5.74, 6) is 0.375. The lowest BCUT2D eigenvalue weighted by molar-refractivity contribution is -0.136. The topological polar surface area (TPSA) is 50.8 Å². The molecular weight excluding hydrogens is 361 g/mol. The summed E-state index contributed by atoms with van der Waals surface area (Å²) >= 11 is 0. The van der Waals surface area contributed by atoms with Crippen LogP contribution in [0.2, 0.25) is 0 Å². The van der Waals surface area contributed by atoms with E-state index in [-0.39, 0.29) is 12.1 Å². The molecule has 0 bridgehead atoms. The first kappa shape index (κ1) is 20.4. The number of nitrogens with one attached hydrogen (secondary N) is 1. The van der Waals surface area contributed by atoms with Gasteiger partial charge >= 0.3 is 6.18 Å². The fraction of sp³-hybridized carbons (Fsp3) is 0.316. The van der Waals surface area contributed by atoms with Crippen LogP contribution >= 0.6 is 0 Å². The highest BCUT2D eigenvalue weighted by molar-refractivity contribution is 5.93. The number of carbonyl (C=O) groups is 1. The van der Waals surface area contributed by atoms with E-state index in [0.717, 1.165) is 6.07 Å². The third-order valence-corrected chi connectivity index (χ3v) is 3.94. The zero-order valence-electron chi connectivity index (χ0n) is 15.5. The Labute approximate surface area is 155 Å². The average Bonchev–Trinajstić information content (AvgIpc) is 2.60. The van der Waals surface area contributed by atoms with Gasteiger partial charge in [0.15, 0.2) is 0 Å². The molecular formula is C19H21F3N2O3. The number of benzene rings is 2. The zero-order chi connectivity index (χ0) is 20.2. The second kappa shape index (κ2) is 8.20. The third-order valence-electron chi connectivity index (χ3n) is 3.94. The number of carbonyl (C=O) groups excluding carboxylic acids is 1. The Hall–Kier alpha value is -2.90. The minimum absolute atomic E-state index is 0.160. The first-order chi connectivity index (χ1) is 12.7. The molecule has 0 aliphatic carbocycles. The Morgan fingerprint density at radius 2 is 1.78 bits per heavy atom. The van der Waals surface area contributed by atoms with Crippen molar-refractivity contribution in [1.29, 1.82) is 0 Å². The van der Waals surface area contributed by atoms with E-state index < -0.39 is 17.6 Å². The van der Waals surface area contributed by atoms with Crippen LogP contribution < -0.4 is 19.7 Å². The van der Waals surface area contributed by atoms with Gasteiger partial charge < -0.3 is 19.7 Å². The molecule has 2 aromatic rings. The lowest BCUT2D eigenvalue weighted by Crippen LogP contribution is -2.19. The molecule has 0 radical (unpaired) electrons. The minimum Gasteiger partial charge on any atom is -0.497 e. The van der Waals surface area contributed by atoms with E-state index in [0.29, 0.717) is 22.7 Å². The maximum absolute atomic E-state index is 13.4. The van der Waals surface area contributed by atoms with Crippen LogP contribution in [-0.4, -0.2) is 34.2 Å². The molecule has 0 spiro atoms. The highest BCUT2D eigenvalue weighted by atomic mass is 19.4. The predicted octanol–water partition coefficient (Wildman–Crippen LogP) is 3.97. The fourth-order valence-corrected chi connectivity index (χ4v) is 2.54. The Morgan fingerprint density at radius 3 is 2.33 bits per heavy atom. The molecule has 0 aliphatic rings. The van der Waals surface area contributed by atoms with Gasteiger partial charge in [0.1, 0.15) is 11.5 Å². The molecule has 1 N–H and O–H groups in total. The Morgan fingerprint density at radius 1 is 1.07 bits per heavy atom. The number of nitrogens with zero attached hydrogens (tertiary/aromatic N) is 1. The van der Waals surface area contributed by atoms with Crippen LogP contribution in [0.1, 0.15) is 11.1 Å². The summed E-state index contributed by atoms with van der Waals surface area (Å²) in [5, 5.41) is 2.35. The summed E-state index contributed by atoms with van der Waals surface area (Å²) in [6.45, 7) is 0. The van der Waals surface area contributed by atoms with Gasteiger partial charge in [-0.25, -0.2) is 0 Å². The van der Waals surface area contributed by atoms with Crippen molar-refractivity contribution in [2.75, 3.05) is 38.5 Å². The quantitative estimate of drug-likeness (QED) is 0.821. The number of anilines is 2. The number of ether oxygens (including phenoxy) is 2. The largest absolute Gasteiger partial charge is 0.497 e. The summed E-state index contributed by atoms with van der Waals surface area (Å²) in [5.41, 5.74) is -0.303. The van der Waals surface area contributed by atoms with E-state index in [1.807, 2.05) is 0 Å². The Balaban J connectivity index is 2.28. The molecule has 0 atom stereocenters. The van der Waals surface area contributed by atoms with Gasteiger partial charge in [-0.2, -0.15) is 13.2 Å². The maximum Gasteiger partial charge on any atom is 0.418 e. The molecule has 0 heterocycles. The molecule has 8 heteroatoms. The molecule has 1 amide bonds. The van der Waals surface area contributed by atoms with E-state index in [1.165, 1.54) is 26.4 Å². The molecule has 0 saturated heterocycles. The van der Waals surface area contributed by atoms with Crippen LogP contribution in [0.5, 0.6) is 11.5 Å². The van der Waals surface area contributed by atoms with Crippen molar-refractivity contribution in [2.24, 2.45) is 0 Å². The SMILES string of the molecule is COc1ccc(OC)c(CC(=O)Nc2ccc(N(C)C)cc2C(F)(F)F)c1. The summed E-state index contributed by atoms with van der Waals surface area (Å²) < 4.78 is 50.4. The number of alkyl halides is 3. The van der Waals surface area contributed by atoms with Crippen molar-refractivity contribution in [1.82, 2.24) is 0 Å². The second-order valence-electron chi connectivity index (χ2n) is 6.02. The van der Waals surface area contributed by atoms with Crippen LogP contribution in [-0.2, 0) is 17.4 Å². The van der Waals surface area contributed by atoms with E-state index in [1.54, 1.807) is 37.2 Å². The zero-order valence-corrected chi connectivity index (χ0v) is 15.5. The smallest absolute Gasteiger partial charge is 0.418 e. The van der Waals surface area contributed by atoms with Crippen molar-refractivity contribution in [3.63, 3.8) is 0 Å². The van der Waals surface area contributed by atoms with Crippen molar-refractivity contribution < 1.29 is 27.4 Å². The Kier molecular flexibility index (Phi) is 6.20. The summed E-state index contributed by atoms with van der Waals surface area (Å²) in [7, 11) is 6.21. The fourth-order valence-electron chi connectivity index (χ4n) is 2.54. The van der Waals surface area contributed by atoms with Gasteiger partial charge in [-0.15, -0.1) is 0 Å². The van der Waals surface area contributed by atoms with Crippen LogP contribution in [0.3, 0.4) is 0 Å². The van der Waals surface area contributed by atoms with Gasteiger partial charge in [-0.1, -0.05) is 0 Å². The number of methoxy groups -OCH3 is 2. The second-order valence-corrected chi connectivity index (χ2v) is 6.02. The van der Waals surface area contributed by atoms with Gasteiger partial charge in [-0.05, 0) is 36.4 Å². The number of amides is 1. The van der Waals surface area contributed by atoms with Crippen molar-refractivity contribution in [3.8, 4) is 11.5 Å². The average molecular weight is 382 g/mol. The van der Waals surface area contributed by atoms with Crippen LogP contribution in [0, 0.1) is 0 Å². The number of hydrogen-bond acceptors (Lipinski definition) is 4. The first-order valence-corrected chi connectivity index (χ1v) is 8.05.